The molecule has 78 valence electrons. The van der Waals surface area contributed by atoms with Gasteiger partial charge in [0.25, 0.3) is 0 Å². The SMILES string of the molecule is CC(=O)c1sc(CN)nc1C(F)(F)F. The highest BCUT2D eigenvalue weighted by Gasteiger charge is 2.38. The van der Waals surface area contributed by atoms with Gasteiger partial charge in [-0.3, -0.25) is 4.79 Å². The zero-order valence-electron chi connectivity index (χ0n) is 7.18. The van der Waals surface area contributed by atoms with Crippen molar-refractivity contribution in [3.8, 4) is 0 Å². The number of Topliss-reactive ketones (excluding diaryl/α,β-unsaturated/α-hetero) is 1. The largest absolute Gasteiger partial charge is 0.434 e. The fraction of sp³-hybridized carbons (Fsp3) is 0.429. The van der Waals surface area contributed by atoms with E-state index in [1.165, 1.54) is 0 Å². The summed E-state index contributed by atoms with van der Waals surface area (Å²) in [7, 11) is 0. The molecule has 1 heterocycles. The highest BCUT2D eigenvalue weighted by Crippen LogP contribution is 2.34. The van der Waals surface area contributed by atoms with Crippen molar-refractivity contribution in [2.75, 3.05) is 0 Å². The van der Waals surface area contributed by atoms with Crippen LogP contribution in [0.3, 0.4) is 0 Å². The van der Waals surface area contributed by atoms with E-state index in [0.29, 0.717) is 11.3 Å². The van der Waals surface area contributed by atoms with Gasteiger partial charge in [-0.2, -0.15) is 13.2 Å². The number of ketones is 1. The first-order valence-corrected chi connectivity index (χ1v) is 4.45. The molecule has 0 aliphatic heterocycles. The zero-order chi connectivity index (χ0) is 10.9. The number of hydrogen-bond donors (Lipinski definition) is 1. The number of hydrogen-bond acceptors (Lipinski definition) is 4. The van der Waals surface area contributed by atoms with E-state index >= 15 is 0 Å². The molecule has 0 saturated heterocycles. The van der Waals surface area contributed by atoms with Crippen LogP contribution in [0.5, 0.6) is 0 Å². The Morgan fingerprint density at radius 2 is 2.14 bits per heavy atom. The summed E-state index contributed by atoms with van der Waals surface area (Å²) in [6, 6.07) is 0. The van der Waals surface area contributed by atoms with Crippen LogP contribution < -0.4 is 5.73 Å². The Bertz CT molecular complexity index is 358. The summed E-state index contributed by atoms with van der Waals surface area (Å²) in [5, 5.41) is 0.113. The van der Waals surface area contributed by atoms with E-state index in [1.54, 1.807) is 0 Å². The molecule has 0 fully saturated rings. The highest BCUT2D eigenvalue weighted by molar-refractivity contribution is 7.13. The van der Waals surface area contributed by atoms with Crippen LogP contribution in [0.2, 0.25) is 0 Å². The standard InChI is InChI=1S/C7H7F3N2OS/c1-3(13)5-6(7(8,9)10)12-4(2-11)14-5/h2,11H2,1H3. The third-order valence-electron chi connectivity index (χ3n) is 1.43. The van der Waals surface area contributed by atoms with Gasteiger partial charge in [-0.25, -0.2) is 4.98 Å². The lowest BCUT2D eigenvalue weighted by Gasteiger charge is -2.02. The van der Waals surface area contributed by atoms with Gasteiger partial charge >= 0.3 is 6.18 Å². The van der Waals surface area contributed by atoms with Gasteiger partial charge in [0.05, 0.1) is 0 Å². The Morgan fingerprint density at radius 3 is 2.43 bits per heavy atom. The van der Waals surface area contributed by atoms with Gasteiger partial charge in [0.15, 0.2) is 11.5 Å². The minimum atomic E-state index is -4.59. The molecule has 3 nitrogen and oxygen atoms in total. The van der Waals surface area contributed by atoms with Crippen LogP contribution in [0.15, 0.2) is 0 Å². The fourth-order valence-electron chi connectivity index (χ4n) is 0.882. The number of halogens is 3. The van der Waals surface area contributed by atoms with Crippen molar-refractivity contribution in [2.45, 2.75) is 19.6 Å². The molecule has 0 bridgehead atoms. The summed E-state index contributed by atoms with van der Waals surface area (Å²) >= 11 is 0.689. The molecule has 0 aliphatic rings. The molecule has 0 radical (unpaired) electrons. The quantitative estimate of drug-likeness (QED) is 0.779. The molecule has 0 aliphatic carbocycles. The molecular formula is C7H7F3N2OS. The van der Waals surface area contributed by atoms with Crippen molar-refractivity contribution in [1.82, 2.24) is 4.98 Å². The Balaban J connectivity index is 3.26. The third kappa shape index (κ3) is 2.10. The van der Waals surface area contributed by atoms with Crippen LogP contribution in [-0.4, -0.2) is 10.8 Å². The van der Waals surface area contributed by atoms with Crippen LogP contribution in [0.4, 0.5) is 13.2 Å². The summed E-state index contributed by atoms with van der Waals surface area (Å²) in [6.07, 6.45) is -4.59. The Labute approximate surface area is 81.7 Å². The number of thiazole rings is 1. The van der Waals surface area contributed by atoms with Crippen LogP contribution in [-0.2, 0) is 12.7 Å². The molecule has 7 heteroatoms. The maximum atomic E-state index is 12.3. The van der Waals surface area contributed by atoms with Gasteiger partial charge in [-0.05, 0) is 0 Å². The smallest absolute Gasteiger partial charge is 0.325 e. The van der Waals surface area contributed by atoms with Gasteiger partial charge in [-0.1, -0.05) is 0 Å². The number of nitrogens with zero attached hydrogens (tertiary/aromatic N) is 1. The van der Waals surface area contributed by atoms with Crippen LogP contribution in [0, 0.1) is 0 Å². The second-order valence-corrected chi connectivity index (χ2v) is 3.63. The van der Waals surface area contributed by atoms with Crippen LogP contribution >= 0.6 is 11.3 Å². The normalized spacial score (nSPS) is 11.8. The molecule has 0 spiro atoms. The number of aromatic nitrogens is 1. The highest BCUT2D eigenvalue weighted by atomic mass is 32.1. The topological polar surface area (TPSA) is 56.0 Å². The monoisotopic (exact) mass is 224 g/mol. The zero-order valence-corrected chi connectivity index (χ0v) is 8.00. The molecule has 1 aromatic rings. The Hall–Kier alpha value is -0.950. The van der Waals surface area contributed by atoms with Crippen molar-refractivity contribution in [1.29, 1.82) is 0 Å². The summed E-state index contributed by atoms with van der Waals surface area (Å²) < 4.78 is 36.9. The Kier molecular flexibility index (Phi) is 2.91. The molecular weight excluding hydrogens is 217 g/mol. The van der Waals surface area contributed by atoms with Crippen molar-refractivity contribution < 1.29 is 18.0 Å². The molecule has 0 atom stereocenters. The summed E-state index contributed by atoms with van der Waals surface area (Å²) in [5.74, 6) is -0.644. The van der Waals surface area contributed by atoms with E-state index in [0.717, 1.165) is 6.92 Å². The van der Waals surface area contributed by atoms with Gasteiger partial charge in [0, 0.05) is 13.5 Å². The molecule has 0 unspecified atom stereocenters. The lowest BCUT2D eigenvalue weighted by atomic mass is 10.3. The molecule has 0 amide bonds. The summed E-state index contributed by atoms with van der Waals surface area (Å²) in [5.41, 5.74) is 4.02. The van der Waals surface area contributed by atoms with Gasteiger partial charge in [0.1, 0.15) is 9.88 Å². The van der Waals surface area contributed by atoms with Crippen molar-refractivity contribution >= 4 is 17.1 Å². The molecule has 14 heavy (non-hydrogen) atoms. The fourth-order valence-corrected chi connectivity index (χ4v) is 1.74. The average molecular weight is 224 g/mol. The Morgan fingerprint density at radius 1 is 1.57 bits per heavy atom. The van der Waals surface area contributed by atoms with Crippen LogP contribution in [0.25, 0.3) is 0 Å². The maximum Gasteiger partial charge on any atom is 0.434 e. The molecule has 1 rings (SSSR count). The number of alkyl halides is 3. The lowest BCUT2D eigenvalue weighted by Crippen LogP contribution is -2.10. The second kappa shape index (κ2) is 3.66. The molecule has 0 aromatic carbocycles. The van der Waals surface area contributed by atoms with Crippen molar-refractivity contribution in [2.24, 2.45) is 5.73 Å². The van der Waals surface area contributed by atoms with E-state index < -0.39 is 17.7 Å². The first-order valence-electron chi connectivity index (χ1n) is 3.64. The third-order valence-corrected chi connectivity index (χ3v) is 2.61. The van der Waals surface area contributed by atoms with Gasteiger partial charge < -0.3 is 5.73 Å². The molecule has 2 N–H and O–H groups in total. The number of carbonyl (C=O) groups is 1. The predicted molar refractivity (Wildman–Crippen MR) is 45.0 cm³/mol. The predicted octanol–water partition coefficient (Wildman–Crippen LogP) is 1.82. The second-order valence-electron chi connectivity index (χ2n) is 2.54. The van der Waals surface area contributed by atoms with Crippen LogP contribution in [0.1, 0.15) is 27.3 Å². The minimum absolute atomic E-state index is 0.0962. The first kappa shape index (κ1) is 11.1. The average Bonchev–Trinajstić information content (AvgIpc) is 2.46. The maximum absolute atomic E-state index is 12.3. The number of rotatable bonds is 2. The van der Waals surface area contributed by atoms with Crippen molar-refractivity contribution in [3.05, 3.63) is 15.6 Å². The van der Waals surface area contributed by atoms with E-state index in [4.69, 9.17) is 5.73 Å². The lowest BCUT2D eigenvalue weighted by molar-refractivity contribution is -0.141. The van der Waals surface area contributed by atoms with E-state index in [1.807, 2.05) is 0 Å². The van der Waals surface area contributed by atoms with Crippen molar-refractivity contribution in [3.63, 3.8) is 0 Å². The summed E-state index contributed by atoms with van der Waals surface area (Å²) in [4.78, 5) is 13.8. The number of nitrogens with two attached hydrogens (primary N) is 1. The summed E-state index contributed by atoms with van der Waals surface area (Å²) in [6.45, 7) is 0.976. The number of carbonyl (C=O) groups excluding carboxylic acids is 1. The van der Waals surface area contributed by atoms with E-state index in [2.05, 4.69) is 4.98 Å². The molecule has 0 saturated carbocycles. The van der Waals surface area contributed by atoms with Gasteiger partial charge in [0.2, 0.25) is 0 Å². The minimum Gasteiger partial charge on any atom is -0.325 e. The molecule has 1 aromatic heterocycles. The van der Waals surface area contributed by atoms with E-state index in [-0.39, 0.29) is 16.4 Å². The first-order chi connectivity index (χ1) is 6.36. The van der Waals surface area contributed by atoms with E-state index in [9.17, 15) is 18.0 Å². The van der Waals surface area contributed by atoms with Gasteiger partial charge in [-0.15, -0.1) is 11.3 Å².